The zero-order valence-electron chi connectivity index (χ0n) is 18.1. The van der Waals surface area contributed by atoms with Crippen molar-refractivity contribution in [1.29, 1.82) is 0 Å². The molecule has 12 heteroatoms. The van der Waals surface area contributed by atoms with E-state index >= 15 is 0 Å². The van der Waals surface area contributed by atoms with Gasteiger partial charge in [-0.2, -0.15) is 13.2 Å². The summed E-state index contributed by atoms with van der Waals surface area (Å²) in [5.41, 5.74) is -3.47. The van der Waals surface area contributed by atoms with Crippen LogP contribution < -0.4 is 0 Å². The van der Waals surface area contributed by atoms with E-state index in [-0.39, 0.29) is 31.8 Å². The number of aromatic nitrogens is 1. The van der Waals surface area contributed by atoms with Crippen molar-refractivity contribution in [2.45, 2.75) is 49.7 Å². The summed E-state index contributed by atoms with van der Waals surface area (Å²) in [6, 6.07) is 3.41. The number of hydrogen-bond acceptors (Lipinski definition) is 4. The Hall–Kier alpha value is -3.15. The van der Waals surface area contributed by atoms with E-state index in [4.69, 9.17) is 4.74 Å². The van der Waals surface area contributed by atoms with Crippen LogP contribution in [0.15, 0.2) is 30.5 Å². The number of carbonyl (C=O) groups is 2. The number of carbonyl (C=O) groups excluding carboxylic acids is 2. The van der Waals surface area contributed by atoms with Crippen molar-refractivity contribution in [1.82, 2.24) is 14.8 Å². The number of benzene rings is 1. The van der Waals surface area contributed by atoms with E-state index < -0.39 is 58.7 Å². The maximum Gasteiger partial charge on any atom is 0.436 e. The first-order chi connectivity index (χ1) is 16.5. The number of halogens is 6. The Labute approximate surface area is 195 Å². The number of pyridine rings is 1. The van der Waals surface area contributed by atoms with Crippen molar-refractivity contribution in [2.75, 3.05) is 13.1 Å². The Morgan fingerprint density at radius 3 is 2.34 bits per heavy atom. The number of fused-ring (bicyclic) bond motifs is 1. The zero-order chi connectivity index (χ0) is 25.1. The van der Waals surface area contributed by atoms with Gasteiger partial charge in [-0.3, -0.25) is 9.59 Å². The fourth-order valence-electron chi connectivity index (χ4n) is 5.19. The lowest BCUT2D eigenvalue weighted by Crippen LogP contribution is -2.51. The van der Waals surface area contributed by atoms with Crippen molar-refractivity contribution in [3.8, 4) is 0 Å². The highest BCUT2D eigenvalue weighted by atomic mass is 19.4. The molecule has 3 fully saturated rings. The van der Waals surface area contributed by atoms with Gasteiger partial charge in [0.1, 0.15) is 17.9 Å². The number of ether oxygens (including phenoxy) is 1. The summed E-state index contributed by atoms with van der Waals surface area (Å²) >= 11 is 0. The topological polar surface area (TPSA) is 62.7 Å². The van der Waals surface area contributed by atoms with E-state index in [9.17, 15) is 35.9 Å². The maximum atomic E-state index is 14.4. The molecule has 1 unspecified atom stereocenters. The first kappa shape index (κ1) is 23.6. The Balaban J connectivity index is 1.32. The SMILES string of the molecule is O=C(c1ccnc(C(F)(F)F)c1F)N1CCC2(CC1)OC1CC[C@@H](c3cc(F)cc(F)c3)N1C2=O. The van der Waals surface area contributed by atoms with Crippen LogP contribution in [-0.2, 0) is 15.7 Å². The molecule has 4 heterocycles. The van der Waals surface area contributed by atoms with E-state index in [1.54, 1.807) is 0 Å². The van der Waals surface area contributed by atoms with Crippen molar-refractivity contribution in [3.05, 3.63) is 64.7 Å². The molecule has 3 saturated heterocycles. The lowest BCUT2D eigenvalue weighted by molar-refractivity contribution is -0.144. The molecule has 0 radical (unpaired) electrons. The highest BCUT2D eigenvalue weighted by molar-refractivity contribution is 5.95. The van der Waals surface area contributed by atoms with Crippen LogP contribution in [0.5, 0.6) is 0 Å². The predicted octanol–water partition coefficient (Wildman–Crippen LogP) is 4.21. The van der Waals surface area contributed by atoms with Crippen molar-refractivity contribution in [2.24, 2.45) is 0 Å². The lowest BCUT2D eigenvalue weighted by atomic mass is 9.89. The summed E-state index contributed by atoms with van der Waals surface area (Å²) in [4.78, 5) is 31.8. The summed E-state index contributed by atoms with van der Waals surface area (Å²) < 4.78 is 86.8. The van der Waals surface area contributed by atoms with Crippen molar-refractivity contribution >= 4 is 11.8 Å². The molecule has 3 aliphatic rings. The molecule has 1 aromatic heterocycles. The Morgan fingerprint density at radius 1 is 1.06 bits per heavy atom. The Morgan fingerprint density at radius 2 is 1.71 bits per heavy atom. The number of likely N-dealkylation sites (tertiary alicyclic amines) is 1. The van der Waals surface area contributed by atoms with E-state index in [1.807, 2.05) is 0 Å². The number of nitrogens with zero attached hydrogens (tertiary/aromatic N) is 3. The van der Waals surface area contributed by atoms with Gasteiger partial charge in [0, 0.05) is 38.2 Å². The van der Waals surface area contributed by atoms with Crippen LogP contribution in [0.1, 0.15) is 53.3 Å². The molecule has 0 N–H and O–H groups in total. The summed E-state index contributed by atoms with van der Waals surface area (Å²) in [6.07, 6.45) is -3.90. The van der Waals surface area contributed by atoms with Gasteiger partial charge in [0.2, 0.25) is 0 Å². The van der Waals surface area contributed by atoms with Crippen molar-refractivity contribution < 1.29 is 40.7 Å². The molecule has 0 aliphatic carbocycles. The van der Waals surface area contributed by atoms with Gasteiger partial charge in [-0.25, -0.2) is 18.2 Å². The molecule has 2 amide bonds. The third-order valence-corrected chi connectivity index (χ3v) is 6.84. The van der Waals surface area contributed by atoms with Gasteiger partial charge in [0.05, 0.1) is 11.6 Å². The van der Waals surface area contributed by atoms with Gasteiger partial charge in [-0.1, -0.05) is 0 Å². The third kappa shape index (κ3) is 3.93. The number of piperidine rings is 1. The molecular formula is C23H19F6N3O3. The number of alkyl halides is 3. The van der Waals surface area contributed by atoms with Gasteiger partial charge in [0.25, 0.3) is 11.8 Å². The highest BCUT2D eigenvalue weighted by Crippen LogP contribution is 2.48. The summed E-state index contributed by atoms with van der Waals surface area (Å²) in [7, 11) is 0. The quantitative estimate of drug-likeness (QED) is 0.581. The highest BCUT2D eigenvalue weighted by Gasteiger charge is 2.58. The van der Waals surface area contributed by atoms with Crippen LogP contribution in [0.2, 0.25) is 0 Å². The second-order valence-electron chi connectivity index (χ2n) is 8.89. The van der Waals surface area contributed by atoms with Gasteiger partial charge in [-0.15, -0.1) is 0 Å². The molecule has 0 bridgehead atoms. The van der Waals surface area contributed by atoms with E-state index in [0.29, 0.717) is 18.4 Å². The van der Waals surface area contributed by atoms with Crippen molar-refractivity contribution in [3.63, 3.8) is 0 Å². The van der Waals surface area contributed by atoms with E-state index in [0.717, 1.165) is 18.3 Å². The number of amides is 2. The van der Waals surface area contributed by atoms with Crippen LogP contribution in [0, 0.1) is 17.5 Å². The van der Waals surface area contributed by atoms with Gasteiger partial charge in [-0.05, 0) is 36.6 Å². The third-order valence-electron chi connectivity index (χ3n) is 6.84. The second kappa shape index (κ2) is 8.21. The predicted molar refractivity (Wildman–Crippen MR) is 107 cm³/mol. The van der Waals surface area contributed by atoms with E-state index in [1.165, 1.54) is 21.9 Å². The summed E-state index contributed by atoms with van der Waals surface area (Å²) in [5, 5.41) is 0. The maximum absolute atomic E-state index is 14.4. The molecule has 3 aliphatic heterocycles. The normalized spacial score (nSPS) is 23.8. The molecule has 2 aromatic rings. The Kier molecular flexibility index (Phi) is 5.53. The lowest BCUT2D eigenvalue weighted by Gasteiger charge is -2.37. The van der Waals surface area contributed by atoms with Gasteiger partial charge < -0.3 is 14.5 Å². The summed E-state index contributed by atoms with van der Waals surface area (Å²) in [6.45, 7) is -0.0962. The standard InChI is InChI=1S/C23H19F6N3O3/c24-13-9-12(10-14(25)11-13)16-1-2-17-32(16)21(34)22(35-17)4-7-31(8-5-22)20(33)15-3-6-30-19(18(15)26)23(27,28)29/h3,6,9-11,16-17H,1-2,4-5,7-8H2/t16-,17?/m0/s1. The molecule has 35 heavy (non-hydrogen) atoms. The smallest absolute Gasteiger partial charge is 0.342 e. The fourth-order valence-corrected chi connectivity index (χ4v) is 5.19. The monoisotopic (exact) mass is 499 g/mol. The van der Waals surface area contributed by atoms with E-state index in [2.05, 4.69) is 4.98 Å². The first-order valence-electron chi connectivity index (χ1n) is 11.0. The Bertz CT molecular complexity index is 1180. The number of hydrogen-bond donors (Lipinski definition) is 0. The van der Waals surface area contributed by atoms with Crippen LogP contribution >= 0.6 is 0 Å². The molecule has 0 saturated carbocycles. The van der Waals surface area contributed by atoms with Crippen LogP contribution in [0.3, 0.4) is 0 Å². The summed E-state index contributed by atoms with van der Waals surface area (Å²) in [5.74, 6) is -4.56. The van der Waals surface area contributed by atoms with Gasteiger partial charge in [0.15, 0.2) is 17.1 Å². The minimum atomic E-state index is -5.05. The largest absolute Gasteiger partial charge is 0.436 e. The molecule has 5 rings (SSSR count). The average Bonchev–Trinajstić information content (AvgIpc) is 3.31. The average molecular weight is 499 g/mol. The minimum Gasteiger partial charge on any atom is -0.342 e. The zero-order valence-corrected chi connectivity index (χ0v) is 18.1. The first-order valence-corrected chi connectivity index (χ1v) is 11.0. The van der Waals surface area contributed by atoms with Crippen LogP contribution in [0.4, 0.5) is 26.3 Å². The molecule has 6 nitrogen and oxygen atoms in total. The second-order valence-corrected chi connectivity index (χ2v) is 8.89. The molecular weight excluding hydrogens is 480 g/mol. The fraction of sp³-hybridized carbons (Fsp3) is 0.435. The molecule has 186 valence electrons. The molecule has 2 atom stereocenters. The van der Waals surface area contributed by atoms with Crippen LogP contribution in [-0.4, -0.2) is 51.5 Å². The minimum absolute atomic E-state index is 0.0481. The van der Waals surface area contributed by atoms with Crippen LogP contribution in [0.25, 0.3) is 0 Å². The molecule has 1 spiro atoms. The molecule has 1 aromatic carbocycles. The number of rotatable bonds is 2. The van der Waals surface area contributed by atoms with Gasteiger partial charge >= 0.3 is 6.18 Å².